The van der Waals surface area contributed by atoms with Gasteiger partial charge in [0.2, 0.25) is 0 Å². The zero-order valence-electron chi connectivity index (χ0n) is 11.4. The van der Waals surface area contributed by atoms with Crippen molar-refractivity contribution in [1.29, 1.82) is 0 Å². The van der Waals surface area contributed by atoms with Crippen molar-refractivity contribution >= 4 is 16.6 Å². The van der Waals surface area contributed by atoms with Crippen LogP contribution in [0.4, 0.5) is 5.69 Å². The number of aliphatic hydroxyl groups excluding tert-OH is 2. The summed E-state index contributed by atoms with van der Waals surface area (Å²) in [5.41, 5.74) is 8.62. The van der Waals surface area contributed by atoms with Gasteiger partial charge in [-0.25, -0.2) is 0 Å². The lowest BCUT2D eigenvalue weighted by atomic mass is 9.98. The molecule has 1 aromatic carbocycles. The molecule has 2 N–H and O–H groups in total. The highest BCUT2D eigenvalue weighted by molar-refractivity contribution is 5.90. The third kappa shape index (κ3) is 3.12. The summed E-state index contributed by atoms with van der Waals surface area (Å²) >= 11 is 0. The number of aromatic nitrogens is 1. The number of nitrogens with zero attached hydrogens (tertiary/aromatic N) is 5. The van der Waals surface area contributed by atoms with E-state index in [2.05, 4.69) is 15.0 Å². The maximum atomic E-state index is 11.0. The van der Waals surface area contributed by atoms with E-state index in [0.29, 0.717) is 0 Å². The number of benzene rings is 1. The fraction of sp³-hybridized carbons (Fsp3) is 0.308. The smallest absolute Gasteiger partial charge is 0.278 e. The topological polar surface area (TPSA) is 145 Å². The lowest BCUT2D eigenvalue weighted by molar-refractivity contribution is -0.383. The average Bonchev–Trinajstić information content (AvgIpc) is 2.53. The SMILES string of the molecule is [N-]=[N+]=NCCC(O)C(O)c1ccc([N+](=O)[O-])c2cccnc12. The van der Waals surface area contributed by atoms with Crippen LogP contribution in [0.15, 0.2) is 35.6 Å². The van der Waals surface area contributed by atoms with Crippen molar-refractivity contribution in [1.82, 2.24) is 4.98 Å². The summed E-state index contributed by atoms with van der Waals surface area (Å²) in [6.45, 7) is 0.0348. The van der Waals surface area contributed by atoms with E-state index in [-0.39, 0.29) is 35.1 Å². The second kappa shape index (κ2) is 6.81. The molecule has 9 heteroatoms. The van der Waals surface area contributed by atoms with Gasteiger partial charge in [0.15, 0.2) is 0 Å². The highest BCUT2D eigenvalue weighted by atomic mass is 16.6. The van der Waals surface area contributed by atoms with E-state index >= 15 is 0 Å². The molecule has 0 fully saturated rings. The summed E-state index contributed by atoms with van der Waals surface area (Å²) in [7, 11) is 0. The Kier molecular flexibility index (Phi) is 4.84. The minimum atomic E-state index is -1.29. The van der Waals surface area contributed by atoms with Crippen molar-refractivity contribution in [2.24, 2.45) is 5.11 Å². The molecule has 1 heterocycles. The molecule has 2 rings (SSSR count). The van der Waals surface area contributed by atoms with Crippen LogP contribution in [0.3, 0.4) is 0 Å². The molecule has 1 aromatic heterocycles. The lowest BCUT2D eigenvalue weighted by Gasteiger charge is -2.18. The molecule has 2 aromatic rings. The largest absolute Gasteiger partial charge is 0.390 e. The van der Waals surface area contributed by atoms with Crippen LogP contribution in [-0.2, 0) is 0 Å². The molecule has 9 nitrogen and oxygen atoms in total. The van der Waals surface area contributed by atoms with Crippen LogP contribution < -0.4 is 0 Å². The molecule has 0 amide bonds. The van der Waals surface area contributed by atoms with Gasteiger partial charge < -0.3 is 10.2 Å². The number of hydrogen-bond acceptors (Lipinski definition) is 6. The molecule has 0 bridgehead atoms. The Labute approximate surface area is 124 Å². The summed E-state index contributed by atoms with van der Waals surface area (Å²) in [5.74, 6) is 0. The molecule has 114 valence electrons. The molecule has 0 saturated heterocycles. The average molecular weight is 303 g/mol. The van der Waals surface area contributed by atoms with Gasteiger partial charge >= 0.3 is 0 Å². The number of pyridine rings is 1. The zero-order chi connectivity index (χ0) is 16.1. The van der Waals surface area contributed by atoms with Crippen LogP contribution in [-0.4, -0.2) is 32.8 Å². The number of fused-ring (bicyclic) bond motifs is 1. The van der Waals surface area contributed by atoms with Crippen molar-refractivity contribution in [3.63, 3.8) is 0 Å². The summed E-state index contributed by atoms with van der Waals surface area (Å²) < 4.78 is 0. The number of hydrogen-bond donors (Lipinski definition) is 2. The Morgan fingerprint density at radius 3 is 2.86 bits per heavy atom. The van der Waals surface area contributed by atoms with Crippen LogP contribution >= 0.6 is 0 Å². The molecule has 2 atom stereocenters. The normalized spacial score (nSPS) is 13.4. The van der Waals surface area contributed by atoms with Gasteiger partial charge in [0.25, 0.3) is 5.69 Å². The minimum absolute atomic E-state index is 0.0348. The van der Waals surface area contributed by atoms with Gasteiger partial charge in [0, 0.05) is 29.3 Å². The summed E-state index contributed by atoms with van der Waals surface area (Å²) in [4.78, 5) is 17.1. The van der Waals surface area contributed by atoms with Crippen molar-refractivity contribution in [2.45, 2.75) is 18.6 Å². The van der Waals surface area contributed by atoms with E-state index in [0.717, 1.165) is 0 Å². The van der Waals surface area contributed by atoms with Crippen LogP contribution in [0, 0.1) is 10.1 Å². The number of nitro benzene ring substituents is 1. The summed E-state index contributed by atoms with van der Waals surface area (Å²) in [6, 6.07) is 5.73. The summed E-state index contributed by atoms with van der Waals surface area (Å²) in [6.07, 6.45) is -0.935. The molecule has 2 unspecified atom stereocenters. The monoisotopic (exact) mass is 303 g/mol. The van der Waals surface area contributed by atoms with E-state index in [4.69, 9.17) is 5.53 Å². The van der Waals surface area contributed by atoms with Gasteiger partial charge in [-0.1, -0.05) is 5.11 Å². The first kappa shape index (κ1) is 15.6. The van der Waals surface area contributed by atoms with Gasteiger partial charge in [-0.05, 0) is 30.2 Å². The highest BCUT2D eigenvalue weighted by Gasteiger charge is 2.23. The number of azide groups is 1. The van der Waals surface area contributed by atoms with Crippen LogP contribution in [0.5, 0.6) is 0 Å². The van der Waals surface area contributed by atoms with E-state index < -0.39 is 17.1 Å². The van der Waals surface area contributed by atoms with Gasteiger partial charge in [-0.3, -0.25) is 15.1 Å². The lowest BCUT2D eigenvalue weighted by Crippen LogP contribution is -2.19. The van der Waals surface area contributed by atoms with E-state index in [1.807, 2.05) is 0 Å². The number of aliphatic hydroxyl groups is 2. The van der Waals surface area contributed by atoms with E-state index in [9.17, 15) is 20.3 Å². The quantitative estimate of drug-likeness (QED) is 0.276. The third-order valence-corrected chi connectivity index (χ3v) is 3.25. The summed E-state index contributed by atoms with van der Waals surface area (Å²) in [5, 5.41) is 34.8. The van der Waals surface area contributed by atoms with Gasteiger partial charge in [-0.15, -0.1) is 0 Å². The molecule has 0 spiro atoms. The standard InChI is InChI=1S/C13H13N5O4/c14-17-16-7-5-11(19)13(20)9-3-4-10(18(21)22)8-2-1-6-15-12(8)9/h1-4,6,11,13,19-20H,5,7H2. The first-order valence-corrected chi connectivity index (χ1v) is 6.45. The molecule has 0 aliphatic rings. The molecule has 22 heavy (non-hydrogen) atoms. The number of nitro groups is 1. The zero-order valence-corrected chi connectivity index (χ0v) is 11.4. The predicted octanol–water partition coefficient (Wildman–Crippen LogP) is 2.24. The minimum Gasteiger partial charge on any atom is -0.390 e. The Morgan fingerprint density at radius 2 is 2.18 bits per heavy atom. The second-order valence-electron chi connectivity index (χ2n) is 4.59. The molecule has 0 aliphatic heterocycles. The Bertz CT molecular complexity index is 744. The molecule has 0 saturated carbocycles. The van der Waals surface area contributed by atoms with Crippen molar-refractivity contribution < 1.29 is 15.1 Å². The first-order valence-electron chi connectivity index (χ1n) is 6.45. The first-order chi connectivity index (χ1) is 10.6. The van der Waals surface area contributed by atoms with Gasteiger partial charge in [-0.2, -0.15) is 0 Å². The number of non-ortho nitro benzene ring substituents is 1. The van der Waals surface area contributed by atoms with Crippen molar-refractivity contribution in [3.8, 4) is 0 Å². The third-order valence-electron chi connectivity index (χ3n) is 3.25. The predicted molar refractivity (Wildman–Crippen MR) is 78.0 cm³/mol. The maximum Gasteiger partial charge on any atom is 0.278 e. The van der Waals surface area contributed by atoms with Gasteiger partial charge in [0.05, 0.1) is 21.9 Å². The van der Waals surface area contributed by atoms with E-state index in [1.54, 1.807) is 6.07 Å². The van der Waals surface area contributed by atoms with Gasteiger partial charge in [0.1, 0.15) is 6.10 Å². The second-order valence-corrected chi connectivity index (χ2v) is 4.59. The van der Waals surface area contributed by atoms with E-state index in [1.165, 1.54) is 24.4 Å². The molecule has 0 radical (unpaired) electrons. The Morgan fingerprint density at radius 1 is 1.41 bits per heavy atom. The van der Waals surface area contributed by atoms with Crippen LogP contribution in [0.25, 0.3) is 21.3 Å². The fourth-order valence-electron chi connectivity index (χ4n) is 2.18. The Balaban J connectivity index is 2.41. The molecular weight excluding hydrogens is 290 g/mol. The van der Waals surface area contributed by atoms with Crippen molar-refractivity contribution in [3.05, 3.63) is 56.6 Å². The maximum absolute atomic E-state index is 11.0. The van der Waals surface area contributed by atoms with Crippen molar-refractivity contribution in [2.75, 3.05) is 6.54 Å². The Hall–Kier alpha value is -2.74. The fourth-order valence-corrected chi connectivity index (χ4v) is 2.18. The number of rotatable bonds is 6. The molecule has 0 aliphatic carbocycles. The molecular formula is C13H13N5O4. The van der Waals surface area contributed by atoms with Crippen LogP contribution in [0.1, 0.15) is 18.1 Å². The highest BCUT2D eigenvalue weighted by Crippen LogP contribution is 2.31. The van der Waals surface area contributed by atoms with Crippen LogP contribution in [0.2, 0.25) is 0 Å².